The number of nitrogens with zero attached hydrogens (tertiary/aromatic N) is 3. The lowest BCUT2D eigenvalue weighted by atomic mass is 9.82. The quantitative estimate of drug-likeness (QED) is 0.599. The Bertz CT molecular complexity index is 1100. The summed E-state index contributed by atoms with van der Waals surface area (Å²) in [5.41, 5.74) is 5.93. The number of hydrogen-bond acceptors (Lipinski definition) is 3. The molecule has 2 heterocycles. The fourth-order valence-electron chi connectivity index (χ4n) is 3.82. The van der Waals surface area contributed by atoms with Crippen LogP contribution in [-0.2, 0) is 6.42 Å². The first-order chi connectivity index (χ1) is 12.7. The van der Waals surface area contributed by atoms with Crippen LogP contribution >= 0.6 is 0 Å². The van der Waals surface area contributed by atoms with E-state index in [9.17, 15) is 4.79 Å². The molecule has 0 unspecified atom stereocenters. The van der Waals surface area contributed by atoms with Gasteiger partial charge in [-0.2, -0.15) is 5.10 Å². The number of imidazole rings is 1. The zero-order valence-corrected chi connectivity index (χ0v) is 14.4. The molecule has 0 spiro atoms. The maximum absolute atomic E-state index is 12.7. The van der Waals surface area contributed by atoms with Gasteiger partial charge in [-0.05, 0) is 37.0 Å². The van der Waals surface area contributed by atoms with E-state index in [4.69, 9.17) is 0 Å². The minimum absolute atomic E-state index is 0.153. The molecule has 1 aliphatic carbocycles. The van der Waals surface area contributed by atoms with Gasteiger partial charge in [0.15, 0.2) is 5.78 Å². The molecule has 128 valence electrons. The zero-order valence-electron chi connectivity index (χ0n) is 14.4. The molecule has 0 fully saturated rings. The maximum atomic E-state index is 12.7. The van der Waals surface area contributed by atoms with Crippen LogP contribution in [0.5, 0.6) is 0 Å². The fourth-order valence-corrected chi connectivity index (χ4v) is 3.82. The second-order valence-corrected chi connectivity index (χ2v) is 6.94. The van der Waals surface area contributed by atoms with Crippen LogP contribution in [0.2, 0.25) is 0 Å². The lowest BCUT2D eigenvalue weighted by molar-refractivity contribution is 0.0963. The summed E-state index contributed by atoms with van der Waals surface area (Å²) in [5, 5.41) is 4.46. The van der Waals surface area contributed by atoms with Crippen molar-refractivity contribution in [2.45, 2.75) is 25.7 Å². The standard InChI is InChI=1S/C21H18N4O/c1-13-5-4-6-14(9-13)15-10-19-16(20(26)11-15)12-22-25(19)21-23-17-7-2-3-8-18(17)24-21/h2-9,12,15H,10-11H2,1H3,(H,23,24)/t15-/m0/s1. The lowest BCUT2D eigenvalue weighted by Crippen LogP contribution is -2.20. The highest BCUT2D eigenvalue weighted by Gasteiger charge is 2.30. The van der Waals surface area contributed by atoms with Crippen molar-refractivity contribution in [3.05, 3.63) is 77.1 Å². The molecule has 1 aliphatic rings. The van der Waals surface area contributed by atoms with Gasteiger partial charge in [0.05, 0.1) is 28.5 Å². The Labute approximate surface area is 150 Å². The summed E-state index contributed by atoms with van der Waals surface area (Å²) in [7, 11) is 0. The number of aromatic nitrogens is 4. The van der Waals surface area contributed by atoms with Gasteiger partial charge in [0.2, 0.25) is 5.95 Å². The van der Waals surface area contributed by atoms with Crippen molar-refractivity contribution in [3.8, 4) is 5.95 Å². The normalized spacial score (nSPS) is 16.8. The molecule has 2 aromatic carbocycles. The second-order valence-electron chi connectivity index (χ2n) is 6.94. The van der Waals surface area contributed by atoms with Crippen molar-refractivity contribution in [2.24, 2.45) is 0 Å². The molecule has 0 aliphatic heterocycles. The summed E-state index contributed by atoms with van der Waals surface area (Å²) in [6.45, 7) is 2.08. The Morgan fingerprint density at radius 3 is 2.85 bits per heavy atom. The molecule has 0 bridgehead atoms. The molecule has 1 N–H and O–H groups in total. The maximum Gasteiger partial charge on any atom is 0.229 e. The van der Waals surface area contributed by atoms with Gasteiger partial charge in [-0.15, -0.1) is 0 Å². The van der Waals surface area contributed by atoms with Crippen molar-refractivity contribution >= 4 is 16.8 Å². The number of ketones is 1. The number of carbonyl (C=O) groups excluding carboxylic acids is 1. The summed E-state index contributed by atoms with van der Waals surface area (Å²) >= 11 is 0. The third kappa shape index (κ3) is 2.36. The molecule has 4 aromatic rings. The predicted octanol–water partition coefficient (Wildman–Crippen LogP) is 3.97. The van der Waals surface area contributed by atoms with E-state index >= 15 is 0 Å². The molecule has 5 heteroatoms. The molecule has 26 heavy (non-hydrogen) atoms. The van der Waals surface area contributed by atoms with Crippen molar-refractivity contribution in [1.29, 1.82) is 0 Å². The van der Waals surface area contributed by atoms with Crippen molar-refractivity contribution in [2.75, 3.05) is 0 Å². The van der Waals surface area contributed by atoms with Crippen molar-refractivity contribution in [1.82, 2.24) is 19.7 Å². The van der Waals surface area contributed by atoms with Crippen LogP contribution in [-0.4, -0.2) is 25.5 Å². The first-order valence-corrected chi connectivity index (χ1v) is 8.81. The molecular weight excluding hydrogens is 324 g/mol. The number of Topliss-reactive ketones (excluding diaryl/α,β-unsaturated/α-hetero) is 1. The summed E-state index contributed by atoms with van der Waals surface area (Å²) in [4.78, 5) is 20.6. The zero-order chi connectivity index (χ0) is 17.7. The summed E-state index contributed by atoms with van der Waals surface area (Å²) in [6.07, 6.45) is 2.99. The number of H-pyrrole nitrogens is 1. The molecule has 0 amide bonds. The molecule has 0 radical (unpaired) electrons. The number of fused-ring (bicyclic) bond motifs is 2. The van der Waals surface area contributed by atoms with Gasteiger partial charge in [-0.3, -0.25) is 4.79 Å². The molecule has 2 aromatic heterocycles. The highest BCUT2D eigenvalue weighted by atomic mass is 16.1. The Morgan fingerprint density at radius 1 is 1.12 bits per heavy atom. The number of para-hydroxylation sites is 2. The van der Waals surface area contributed by atoms with E-state index in [1.807, 2.05) is 24.3 Å². The number of carbonyl (C=O) groups is 1. The smallest absolute Gasteiger partial charge is 0.229 e. The van der Waals surface area contributed by atoms with E-state index < -0.39 is 0 Å². The van der Waals surface area contributed by atoms with Gasteiger partial charge in [-0.25, -0.2) is 9.67 Å². The number of rotatable bonds is 2. The summed E-state index contributed by atoms with van der Waals surface area (Å²) in [5.74, 6) is 0.986. The summed E-state index contributed by atoms with van der Waals surface area (Å²) in [6, 6.07) is 16.3. The molecule has 1 atom stereocenters. The van der Waals surface area contributed by atoms with Crippen LogP contribution in [0.1, 0.15) is 39.5 Å². The van der Waals surface area contributed by atoms with E-state index in [0.717, 1.165) is 23.1 Å². The number of benzene rings is 2. The molecular formula is C21H18N4O. The van der Waals surface area contributed by atoms with Gasteiger partial charge in [-0.1, -0.05) is 42.0 Å². The van der Waals surface area contributed by atoms with Crippen LogP contribution < -0.4 is 0 Å². The number of nitrogens with one attached hydrogen (secondary N) is 1. The minimum atomic E-state index is 0.153. The Balaban J connectivity index is 1.59. The van der Waals surface area contributed by atoms with E-state index in [-0.39, 0.29) is 11.7 Å². The minimum Gasteiger partial charge on any atom is -0.322 e. The lowest BCUT2D eigenvalue weighted by Gasteiger charge is -2.22. The molecule has 0 saturated carbocycles. The highest BCUT2D eigenvalue weighted by Crippen LogP contribution is 2.33. The van der Waals surface area contributed by atoms with Gasteiger partial charge in [0, 0.05) is 6.42 Å². The van der Waals surface area contributed by atoms with Crippen LogP contribution in [0.25, 0.3) is 17.0 Å². The first kappa shape index (κ1) is 15.1. The number of aryl methyl sites for hydroxylation is 1. The summed E-state index contributed by atoms with van der Waals surface area (Å²) < 4.78 is 1.79. The predicted molar refractivity (Wildman–Crippen MR) is 99.8 cm³/mol. The van der Waals surface area contributed by atoms with E-state index in [2.05, 4.69) is 46.3 Å². The topological polar surface area (TPSA) is 63.6 Å². The number of aromatic amines is 1. The van der Waals surface area contributed by atoms with E-state index in [1.54, 1.807) is 10.9 Å². The molecule has 5 rings (SSSR count). The van der Waals surface area contributed by atoms with Crippen LogP contribution in [0.3, 0.4) is 0 Å². The van der Waals surface area contributed by atoms with Crippen molar-refractivity contribution in [3.63, 3.8) is 0 Å². The van der Waals surface area contributed by atoms with E-state index in [1.165, 1.54) is 11.1 Å². The van der Waals surface area contributed by atoms with Gasteiger partial charge in [0.25, 0.3) is 0 Å². The van der Waals surface area contributed by atoms with Gasteiger partial charge < -0.3 is 4.98 Å². The fraction of sp³-hybridized carbons (Fsp3) is 0.190. The third-order valence-corrected chi connectivity index (χ3v) is 5.13. The van der Waals surface area contributed by atoms with Gasteiger partial charge >= 0.3 is 0 Å². The Morgan fingerprint density at radius 2 is 2.00 bits per heavy atom. The van der Waals surface area contributed by atoms with E-state index in [0.29, 0.717) is 17.9 Å². The SMILES string of the molecule is Cc1cccc([C@@H]2CC(=O)c3cnn(-c4nc5ccccc5[nH]4)c3C2)c1. The first-order valence-electron chi connectivity index (χ1n) is 8.81. The highest BCUT2D eigenvalue weighted by molar-refractivity contribution is 5.98. The van der Waals surface area contributed by atoms with Gasteiger partial charge in [0.1, 0.15) is 0 Å². The second kappa shape index (κ2) is 5.66. The Hall–Kier alpha value is -3.21. The molecule has 0 saturated heterocycles. The van der Waals surface area contributed by atoms with Crippen LogP contribution in [0, 0.1) is 6.92 Å². The van der Waals surface area contributed by atoms with Crippen LogP contribution in [0.15, 0.2) is 54.7 Å². The average molecular weight is 342 g/mol. The average Bonchev–Trinajstić information content (AvgIpc) is 3.25. The third-order valence-electron chi connectivity index (χ3n) is 5.13. The van der Waals surface area contributed by atoms with Crippen LogP contribution in [0.4, 0.5) is 0 Å². The Kier molecular flexibility index (Phi) is 3.28. The monoisotopic (exact) mass is 342 g/mol. The van der Waals surface area contributed by atoms with Crippen molar-refractivity contribution < 1.29 is 4.79 Å². The number of hydrogen-bond donors (Lipinski definition) is 1. The molecule has 5 nitrogen and oxygen atoms in total. The largest absolute Gasteiger partial charge is 0.322 e.